The van der Waals surface area contributed by atoms with E-state index in [2.05, 4.69) is 60.2 Å². The van der Waals surface area contributed by atoms with Gasteiger partial charge in [0.1, 0.15) is 0 Å². The molecule has 2 fully saturated rings. The summed E-state index contributed by atoms with van der Waals surface area (Å²) in [5, 5.41) is 3.07. The molecule has 1 aromatic carbocycles. The molecule has 0 bridgehead atoms. The number of carbonyl (C=O) groups is 2. The average Bonchev–Trinajstić information content (AvgIpc) is 2.76. The van der Waals surface area contributed by atoms with Gasteiger partial charge in [0.05, 0.1) is 12.5 Å². The fourth-order valence-electron chi connectivity index (χ4n) is 4.64. The molecule has 0 spiro atoms. The highest BCUT2D eigenvalue weighted by Gasteiger charge is 2.32. The van der Waals surface area contributed by atoms with Gasteiger partial charge in [-0.2, -0.15) is 0 Å². The number of benzene rings is 1. The molecule has 31 heavy (non-hydrogen) atoms. The van der Waals surface area contributed by atoms with Crippen LogP contribution in [-0.2, 0) is 16.1 Å². The molecule has 172 valence electrons. The number of likely N-dealkylation sites (tertiary alicyclic amines) is 1. The van der Waals surface area contributed by atoms with Crippen molar-refractivity contribution in [3.05, 3.63) is 35.4 Å². The summed E-state index contributed by atoms with van der Waals surface area (Å²) in [7, 11) is 0. The summed E-state index contributed by atoms with van der Waals surface area (Å²) < 4.78 is 0. The highest BCUT2D eigenvalue weighted by molar-refractivity contribution is 5.80. The van der Waals surface area contributed by atoms with Gasteiger partial charge in [0.2, 0.25) is 11.8 Å². The molecule has 0 saturated carbocycles. The van der Waals surface area contributed by atoms with Crippen LogP contribution in [0.3, 0.4) is 0 Å². The first-order chi connectivity index (χ1) is 15.0. The number of unbranched alkanes of at least 4 members (excludes halogenated alkanes) is 1. The standard InChI is InChI=1S/C25H40N4O2/c1-4-5-11-26-25(31)23-10-9-21(3)29(18-23)19-24(30)28-14-12-27(13-15-28)17-22-8-6-7-20(2)16-22/h6-8,16,21,23H,4-5,9-15,17-19H2,1-3H3,(H,26,31). The number of piperidine rings is 1. The van der Waals surface area contributed by atoms with Crippen LogP contribution in [-0.4, -0.2) is 78.4 Å². The predicted octanol–water partition coefficient (Wildman–Crippen LogP) is 2.66. The first kappa shape index (κ1) is 23.7. The Morgan fingerprint density at radius 2 is 1.90 bits per heavy atom. The van der Waals surface area contributed by atoms with Crippen LogP contribution in [0.4, 0.5) is 0 Å². The van der Waals surface area contributed by atoms with Crippen LogP contribution in [0.2, 0.25) is 0 Å². The zero-order valence-electron chi connectivity index (χ0n) is 19.6. The van der Waals surface area contributed by atoms with Crippen LogP contribution in [0.15, 0.2) is 24.3 Å². The van der Waals surface area contributed by atoms with E-state index >= 15 is 0 Å². The van der Waals surface area contributed by atoms with Crippen molar-refractivity contribution in [1.82, 2.24) is 20.0 Å². The minimum absolute atomic E-state index is 0.00651. The molecule has 2 atom stereocenters. The van der Waals surface area contributed by atoms with Crippen LogP contribution in [0, 0.1) is 12.8 Å². The van der Waals surface area contributed by atoms with Gasteiger partial charge < -0.3 is 10.2 Å². The topological polar surface area (TPSA) is 55.9 Å². The number of carbonyl (C=O) groups excluding carboxylic acids is 2. The van der Waals surface area contributed by atoms with Crippen LogP contribution < -0.4 is 5.32 Å². The molecule has 3 rings (SSSR count). The van der Waals surface area contributed by atoms with Gasteiger partial charge in [-0.15, -0.1) is 0 Å². The predicted molar refractivity (Wildman–Crippen MR) is 125 cm³/mol. The zero-order valence-corrected chi connectivity index (χ0v) is 19.6. The number of rotatable bonds is 8. The Kier molecular flexibility index (Phi) is 8.90. The van der Waals surface area contributed by atoms with Gasteiger partial charge in [0.25, 0.3) is 0 Å². The van der Waals surface area contributed by atoms with Crippen LogP contribution in [0.5, 0.6) is 0 Å². The van der Waals surface area contributed by atoms with Gasteiger partial charge in [-0.25, -0.2) is 0 Å². The Bertz CT molecular complexity index is 730. The lowest BCUT2D eigenvalue weighted by atomic mass is 9.92. The zero-order chi connectivity index (χ0) is 22.2. The van der Waals surface area contributed by atoms with E-state index in [4.69, 9.17) is 0 Å². The molecular weight excluding hydrogens is 388 g/mol. The van der Waals surface area contributed by atoms with Gasteiger partial charge in [-0.3, -0.25) is 19.4 Å². The summed E-state index contributed by atoms with van der Waals surface area (Å²) in [6, 6.07) is 9.01. The first-order valence-corrected chi connectivity index (χ1v) is 12.0. The Morgan fingerprint density at radius 1 is 1.13 bits per heavy atom. The lowest BCUT2D eigenvalue weighted by molar-refractivity contribution is -0.137. The minimum Gasteiger partial charge on any atom is -0.356 e. The van der Waals surface area contributed by atoms with Crippen LogP contribution in [0.1, 0.15) is 50.7 Å². The van der Waals surface area contributed by atoms with Gasteiger partial charge in [-0.05, 0) is 38.7 Å². The minimum atomic E-state index is 0.00651. The van der Waals surface area contributed by atoms with Crippen molar-refractivity contribution in [3.63, 3.8) is 0 Å². The van der Waals surface area contributed by atoms with Gasteiger partial charge in [-0.1, -0.05) is 43.2 Å². The highest BCUT2D eigenvalue weighted by atomic mass is 16.2. The summed E-state index contributed by atoms with van der Waals surface area (Å²) in [5.74, 6) is 0.365. The van der Waals surface area contributed by atoms with Crippen LogP contribution in [0.25, 0.3) is 0 Å². The third-order valence-corrected chi connectivity index (χ3v) is 6.76. The maximum Gasteiger partial charge on any atom is 0.236 e. The highest BCUT2D eigenvalue weighted by Crippen LogP contribution is 2.22. The molecular formula is C25H40N4O2. The number of hydrogen-bond donors (Lipinski definition) is 1. The summed E-state index contributed by atoms with van der Waals surface area (Å²) in [5.41, 5.74) is 2.63. The monoisotopic (exact) mass is 428 g/mol. The second-order valence-corrected chi connectivity index (χ2v) is 9.34. The SMILES string of the molecule is CCCCNC(=O)C1CCC(C)N(CC(=O)N2CCN(Cc3cccc(C)c3)CC2)C1. The van der Waals surface area contributed by atoms with E-state index in [1.54, 1.807) is 0 Å². The molecule has 2 saturated heterocycles. The quantitative estimate of drug-likeness (QED) is 0.647. The maximum absolute atomic E-state index is 13.0. The summed E-state index contributed by atoms with van der Waals surface area (Å²) in [4.78, 5) is 32.1. The van der Waals surface area contributed by atoms with Gasteiger partial charge in [0, 0.05) is 51.9 Å². The number of aryl methyl sites for hydroxylation is 1. The number of nitrogens with one attached hydrogen (secondary N) is 1. The number of amides is 2. The summed E-state index contributed by atoms with van der Waals surface area (Å²) in [6.45, 7) is 12.7. The smallest absolute Gasteiger partial charge is 0.236 e. The summed E-state index contributed by atoms with van der Waals surface area (Å²) in [6.07, 6.45) is 4.00. The van der Waals surface area contributed by atoms with E-state index in [0.29, 0.717) is 19.1 Å². The molecule has 6 heteroatoms. The molecule has 0 aliphatic carbocycles. The van der Waals surface area contributed by atoms with E-state index in [9.17, 15) is 9.59 Å². The fraction of sp³-hybridized carbons (Fsp3) is 0.680. The van der Waals surface area contributed by atoms with Crippen molar-refractivity contribution in [3.8, 4) is 0 Å². The fourth-order valence-corrected chi connectivity index (χ4v) is 4.64. The Labute approximate surface area is 188 Å². The van der Waals surface area contributed by atoms with E-state index in [1.807, 2.05) is 4.90 Å². The molecule has 0 radical (unpaired) electrons. The molecule has 1 aromatic rings. The van der Waals surface area contributed by atoms with Crippen molar-refractivity contribution < 1.29 is 9.59 Å². The molecule has 2 heterocycles. The average molecular weight is 429 g/mol. The number of piperazine rings is 1. The maximum atomic E-state index is 13.0. The molecule has 2 aliphatic rings. The normalized spacial score (nSPS) is 23.0. The molecule has 0 aromatic heterocycles. The Morgan fingerprint density at radius 3 is 2.61 bits per heavy atom. The molecule has 2 amide bonds. The van der Waals surface area contributed by atoms with Crippen molar-refractivity contribution in [2.45, 2.75) is 59.0 Å². The summed E-state index contributed by atoms with van der Waals surface area (Å²) >= 11 is 0. The van der Waals surface area contributed by atoms with Crippen molar-refractivity contribution in [2.75, 3.05) is 45.8 Å². The number of hydrogen-bond acceptors (Lipinski definition) is 4. The second-order valence-electron chi connectivity index (χ2n) is 9.34. The Balaban J connectivity index is 1.44. The lowest BCUT2D eigenvalue weighted by Crippen LogP contribution is -2.54. The lowest BCUT2D eigenvalue weighted by Gasteiger charge is -2.39. The van der Waals surface area contributed by atoms with Crippen LogP contribution >= 0.6 is 0 Å². The van der Waals surface area contributed by atoms with Crippen molar-refractivity contribution >= 4 is 11.8 Å². The van der Waals surface area contributed by atoms with E-state index < -0.39 is 0 Å². The van der Waals surface area contributed by atoms with Gasteiger partial charge in [0.15, 0.2) is 0 Å². The van der Waals surface area contributed by atoms with Crippen molar-refractivity contribution in [1.29, 1.82) is 0 Å². The third kappa shape index (κ3) is 7.04. The molecule has 1 N–H and O–H groups in total. The van der Waals surface area contributed by atoms with E-state index in [0.717, 1.165) is 65.0 Å². The second kappa shape index (κ2) is 11.6. The van der Waals surface area contributed by atoms with E-state index in [-0.39, 0.29) is 17.7 Å². The Hall–Kier alpha value is -1.92. The number of nitrogens with zero attached hydrogens (tertiary/aromatic N) is 3. The van der Waals surface area contributed by atoms with Crippen molar-refractivity contribution in [2.24, 2.45) is 5.92 Å². The third-order valence-electron chi connectivity index (χ3n) is 6.76. The molecule has 2 unspecified atom stereocenters. The largest absolute Gasteiger partial charge is 0.356 e. The molecule has 2 aliphatic heterocycles. The van der Waals surface area contributed by atoms with Gasteiger partial charge >= 0.3 is 0 Å². The molecule has 6 nitrogen and oxygen atoms in total. The first-order valence-electron chi connectivity index (χ1n) is 12.0. The van der Waals surface area contributed by atoms with E-state index in [1.165, 1.54) is 11.1 Å².